The smallest absolute Gasteiger partial charge is 0.214 e. The molecule has 0 aliphatic rings. The quantitative estimate of drug-likeness (QED) is 0.483. The van der Waals surface area contributed by atoms with Crippen LogP contribution in [-0.4, -0.2) is 39.0 Å². The van der Waals surface area contributed by atoms with E-state index in [0.29, 0.717) is 0 Å². The molecule has 0 fully saturated rings. The van der Waals surface area contributed by atoms with E-state index >= 15 is 0 Å². The van der Waals surface area contributed by atoms with Crippen LogP contribution in [0.3, 0.4) is 0 Å². The Balaban J connectivity index is 1.39. The summed E-state index contributed by atoms with van der Waals surface area (Å²) in [7, 11) is 0. The Labute approximate surface area is 156 Å². The molecule has 25 heavy (non-hydrogen) atoms. The summed E-state index contributed by atoms with van der Waals surface area (Å²) >= 11 is 7.50. The van der Waals surface area contributed by atoms with Crippen LogP contribution >= 0.6 is 23.4 Å². The number of nitrogens with one attached hydrogen (secondary N) is 1. The Morgan fingerprint density at radius 2 is 1.88 bits per heavy atom. The highest BCUT2D eigenvalue weighted by atomic mass is 35.5. The number of thioether (sulfide) groups is 1. The van der Waals surface area contributed by atoms with Crippen molar-refractivity contribution in [2.75, 3.05) is 18.8 Å². The fraction of sp³-hybridized carbons (Fsp3) is 0.167. The predicted molar refractivity (Wildman–Crippen MR) is 103 cm³/mol. The molecule has 0 saturated carbocycles. The summed E-state index contributed by atoms with van der Waals surface area (Å²) in [4.78, 5) is 0. The summed E-state index contributed by atoms with van der Waals surface area (Å²) < 4.78 is 1.76. The van der Waals surface area contributed by atoms with Crippen molar-refractivity contribution in [2.45, 2.75) is 5.16 Å². The van der Waals surface area contributed by atoms with Gasteiger partial charge in [0.15, 0.2) is 0 Å². The van der Waals surface area contributed by atoms with E-state index in [9.17, 15) is 0 Å². The van der Waals surface area contributed by atoms with Crippen LogP contribution in [0, 0.1) is 0 Å². The Morgan fingerprint density at radius 1 is 1.08 bits per heavy atom. The Kier molecular flexibility index (Phi) is 6.62. The highest BCUT2D eigenvalue weighted by molar-refractivity contribution is 7.99. The third-order valence-electron chi connectivity index (χ3n) is 3.39. The van der Waals surface area contributed by atoms with Crippen LogP contribution in [-0.2, 0) is 0 Å². The summed E-state index contributed by atoms with van der Waals surface area (Å²) in [6, 6.07) is 17.7. The van der Waals surface area contributed by atoms with Gasteiger partial charge < -0.3 is 5.32 Å². The molecular formula is C18H18ClN5S. The SMILES string of the molecule is Clc1ccc(C=CCNCCSc2nnnn2-c2ccccc2)cc1. The molecule has 7 heteroatoms. The average Bonchev–Trinajstić information content (AvgIpc) is 3.12. The highest BCUT2D eigenvalue weighted by Crippen LogP contribution is 2.17. The molecule has 3 rings (SSSR count). The number of nitrogens with zero attached hydrogens (tertiary/aromatic N) is 4. The van der Waals surface area contributed by atoms with Crippen LogP contribution in [0.1, 0.15) is 5.56 Å². The molecule has 0 unspecified atom stereocenters. The monoisotopic (exact) mass is 371 g/mol. The fourth-order valence-electron chi connectivity index (χ4n) is 2.17. The van der Waals surface area contributed by atoms with Crippen molar-refractivity contribution < 1.29 is 0 Å². The second-order valence-electron chi connectivity index (χ2n) is 5.22. The van der Waals surface area contributed by atoms with E-state index in [1.807, 2.05) is 54.6 Å². The minimum atomic E-state index is 0.755. The van der Waals surface area contributed by atoms with E-state index in [4.69, 9.17) is 11.6 Å². The number of tetrazole rings is 1. The molecule has 2 aromatic carbocycles. The summed E-state index contributed by atoms with van der Waals surface area (Å²) in [5.41, 5.74) is 2.11. The third kappa shape index (κ3) is 5.42. The molecule has 1 N–H and O–H groups in total. The Bertz CT molecular complexity index is 802. The zero-order valence-electron chi connectivity index (χ0n) is 13.5. The molecule has 128 valence electrons. The van der Waals surface area contributed by atoms with Crippen molar-refractivity contribution in [1.82, 2.24) is 25.5 Å². The predicted octanol–water partition coefficient (Wildman–Crippen LogP) is 3.71. The van der Waals surface area contributed by atoms with Gasteiger partial charge in [0.05, 0.1) is 5.69 Å². The number of rotatable bonds is 8. The maximum atomic E-state index is 5.87. The first-order valence-corrected chi connectivity index (χ1v) is 9.29. The number of halogens is 1. The van der Waals surface area contributed by atoms with Crippen molar-refractivity contribution >= 4 is 29.4 Å². The van der Waals surface area contributed by atoms with Crippen LogP contribution in [0.2, 0.25) is 5.02 Å². The van der Waals surface area contributed by atoms with Gasteiger partial charge in [0.1, 0.15) is 0 Å². The van der Waals surface area contributed by atoms with E-state index in [-0.39, 0.29) is 0 Å². The molecule has 3 aromatic rings. The highest BCUT2D eigenvalue weighted by Gasteiger charge is 2.07. The van der Waals surface area contributed by atoms with Gasteiger partial charge in [0, 0.05) is 23.9 Å². The summed E-state index contributed by atoms with van der Waals surface area (Å²) in [6.45, 7) is 1.68. The topological polar surface area (TPSA) is 55.6 Å². The lowest BCUT2D eigenvalue weighted by Gasteiger charge is -2.04. The first-order valence-electron chi connectivity index (χ1n) is 7.92. The van der Waals surface area contributed by atoms with Crippen molar-refractivity contribution in [3.8, 4) is 5.69 Å². The Morgan fingerprint density at radius 3 is 2.68 bits per heavy atom. The fourth-order valence-corrected chi connectivity index (χ4v) is 3.08. The lowest BCUT2D eigenvalue weighted by molar-refractivity contribution is 0.754. The van der Waals surface area contributed by atoms with Gasteiger partial charge in [-0.3, -0.25) is 0 Å². The maximum Gasteiger partial charge on any atom is 0.214 e. The first kappa shape index (κ1) is 17.7. The second kappa shape index (κ2) is 9.36. The molecule has 0 radical (unpaired) electrons. The minimum Gasteiger partial charge on any atom is -0.312 e. The molecule has 1 aromatic heterocycles. The van der Waals surface area contributed by atoms with Crippen LogP contribution in [0.5, 0.6) is 0 Å². The summed E-state index contributed by atoms with van der Waals surface area (Å²) in [5.74, 6) is 0.891. The van der Waals surface area contributed by atoms with Gasteiger partial charge in [-0.15, -0.1) is 5.10 Å². The van der Waals surface area contributed by atoms with E-state index in [0.717, 1.165) is 40.3 Å². The molecule has 0 aliphatic carbocycles. The molecule has 0 atom stereocenters. The summed E-state index contributed by atoms with van der Waals surface area (Å²) in [6.07, 6.45) is 4.17. The second-order valence-corrected chi connectivity index (χ2v) is 6.71. The number of para-hydroxylation sites is 1. The van der Waals surface area contributed by atoms with E-state index < -0.39 is 0 Å². The summed E-state index contributed by atoms with van der Waals surface area (Å²) in [5, 5.41) is 16.8. The van der Waals surface area contributed by atoms with Gasteiger partial charge in [-0.05, 0) is 40.3 Å². The Hall–Kier alpha value is -2.15. The molecule has 5 nitrogen and oxygen atoms in total. The third-order valence-corrected chi connectivity index (χ3v) is 4.57. The van der Waals surface area contributed by atoms with Crippen LogP contribution in [0.4, 0.5) is 0 Å². The van der Waals surface area contributed by atoms with E-state index in [1.54, 1.807) is 16.4 Å². The zero-order valence-corrected chi connectivity index (χ0v) is 15.1. The maximum absolute atomic E-state index is 5.87. The van der Waals surface area contributed by atoms with Gasteiger partial charge >= 0.3 is 0 Å². The van der Waals surface area contributed by atoms with Crippen LogP contribution in [0.15, 0.2) is 65.8 Å². The number of benzene rings is 2. The molecule has 0 bridgehead atoms. The van der Waals surface area contributed by atoms with Gasteiger partial charge in [0.2, 0.25) is 5.16 Å². The van der Waals surface area contributed by atoms with Crippen molar-refractivity contribution in [3.63, 3.8) is 0 Å². The van der Waals surface area contributed by atoms with Crippen LogP contribution in [0.25, 0.3) is 11.8 Å². The van der Waals surface area contributed by atoms with Crippen molar-refractivity contribution in [2.24, 2.45) is 0 Å². The van der Waals surface area contributed by atoms with Crippen molar-refractivity contribution in [3.05, 3.63) is 71.3 Å². The normalized spacial score (nSPS) is 11.2. The molecule has 0 amide bonds. The molecule has 0 aliphatic heterocycles. The molecular weight excluding hydrogens is 354 g/mol. The lowest BCUT2D eigenvalue weighted by atomic mass is 10.2. The average molecular weight is 372 g/mol. The molecule has 0 spiro atoms. The van der Waals surface area contributed by atoms with Crippen LogP contribution < -0.4 is 5.32 Å². The number of hydrogen-bond acceptors (Lipinski definition) is 5. The standard InChI is InChI=1S/C18H18ClN5S/c19-16-10-8-15(9-11-16)5-4-12-20-13-14-25-18-21-22-23-24(18)17-6-2-1-3-7-17/h1-11,20H,12-14H2. The van der Waals surface area contributed by atoms with Gasteiger partial charge in [0.25, 0.3) is 0 Å². The van der Waals surface area contributed by atoms with Gasteiger partial charge in [-0.2, -0.15) is 4.68 Å². The van der Waals surface area contributed by atoms with E-state index in [1.165, 1.54) is 0 Å². The first-order chi connectivity index (χ1) is 12.3. The largest absolute Gasteiger partial charge is 0.312 e. The lowest BCUT2D eigenvalue weighted by Crippen LogP contribution is -2.17. The molecule has 1 heterocycles. The number of hydrogen-bond donors (Lipinski definition) is 1. The van der Waals surface area contributed by atoms with E-state index in [2.05, 4.69) is 33.0 Å². The van der Waals surface area contributed by atoms with Gasteiger partial charge in [-0.25, -0.2) is 0 Å². The minimum absolute atomic E-state index is 0.755. The zero-order chi connectivity index (χ0) is 17.3. The van der Waals surface area contributed by atoms with Gasteiger partial charge in [-0.1, -0.05) is 65.8 Å². The molecule has 0 saturated heterocycles. The van der Waals surface area contributed by atoms with Crippen molar-refractivity contribution in [1.29, 1.82) is 0 Å². The number of aromatic nitrogens is 4.